The van der Waals surface area contributed by atoms with Gasteiger partial charge in [0, 0.05) is 17.8 Å². The fourth-order valence-corrected chi connectivity index (χ4v) is 1.63. The Bertz CT molecular complexity index is 656. The van der Waals surface area contributed by atoms with E-state index in [9.17, 15) is 14.0 Å². The first-order valence-corrected chi connectivity index (χ1v) is 6.18. The Labute approximate surface area is 120 Å². The zero-order chi connectivity index (χ0) is 15.2. The summed E-state index contributed by atoms with van der Waals surface area (Å²) in [4.78, 5) is 23.2. The van der Waals surface area contributed by atoms with Crippen LogP contribution in [0.3, 0.4) is 0 Å². The molecule has 0 saturated carbocycles. The molecule has 0 spiro atoms. The van der Waals surface area contributed by atoms with E-state index in [-0.39, 0.29) is 12.3 Å². The third kappa shape index (κ3) is 4.04. The van der Waals surface area contributed by atoms with Crippen LogP contribution in [0.1, 0.15) is 5.56 Å². The van der Waals surface area contributed by atoms with Crippen LogP contribution in [-0.4, -0.2) is 16.9 Å². The standard InChI is InChI=1S/C15H13FN2O3/c16-13-4-2-1-3-10(13)9-17-14(20)15(21)18-11-5-7-12(19)8-6-11/h1-8,19H,9H2,(H,17,20)(H,18,21). The van der Waals surface area contributed by atoms with E-state index in [1.807, 2.05) is 0 Å². The molecule has 0 fully saturated rings. The number of hydrogen-bond acceptors (Lipinski definition) is 3. The Balaban J connectivity index is 1.90. The summed E-state index contributed by atoms with van der Waals surface area (Å²) < 4.78 is 13.4. The highest BCUT2D eigenvalue weighted by Gasteiger charge is 2.14. The van der Waals surface area contributed by atoms with Crippen molar-refractivity contribution in [2.75, 3.05) is 5.32 Å². The summed E-state index contributed by atoms with van der Waals surface area (Å²) in [6.45, 7) is -0.0749. The van der Waals surface area contributed by atoms with Gasteiger partial charge >= 0.3 is 11.8 Å². The van der Waals surface area contributed by atoms with Crippen LogP contribution < -0.4 is 10.6 Å². The number of hydrogen-bond donors (Lipinski definition) is 3. The van der Waals surface area contributed by atoms with Crippen LogP contribution >= 0.6 is 0 Å². The number of carbonyl (C=O) groups excluding carboxylic acids is 2. The van der Waals surface area contributed by atoms with Crippen LogP contribution in [0.5, 0.6) is 5.75 Å². The lowest BCUT2D eigenvalue weighted by atomic mass is 10.2. The number of phenolic OH excluding ortho intramolecular Hbond substituents is 1. The molecular weight excluding hydrogens is 275 g/mol. The highest BCUT2D eigenvalue weighted by Crippen LogP contribution is 2.13. The van der Waals surface area contributed by atoms with Crippen molar-refractivity contribution in [3.63, 3.8) is 0 Å². The van der Waals surface area contributed by atoms with E-state index in [4.69, 9.17) is 5.11 Å². The number of aromatic hydroxyl groups is 1. The second-order valence-corrected chi connectivity index (χ2v) is 4.28. The summed E-state index contributed by atoms with van der Waals surface area (Å²) in [5, 5.41) is 13.8. The van der Waals surface area contributed by atoms with E-state index < -0.39 is 17.6 Å². The van der Waals surface area contributed by atoms with Crippen molar-refractivity contribution in [2.24, 2.45) is 0 Å². The summed E-state index contributed by atoms with van der Waals surface area (Å²) >= 11 is 0. The van der Waals surface area contributed by atoms with Crippen molar-refractivity contribution in [2.45, 2.75) is 6.54 Å². The average Bonchev–Trinajstić information content (AvgIpc) is 2.48. The quantitative estimate of drug-likeness (QED) is 0.595. The number of amides is 2. The van der Waals surface area contributed by atoms with Gasteiger partial charge in [-0.25, -0.2) is 4.39 Å². The normalized spacial score (nSPS) is 9.95. The largest absolute Gasteiger partial charge is 0.508 e. The molecule has 0 bridgehead atoms. The predicted molar refractivity (Wildman–Crippen MR) is 75.0 cm³/mol. The van der Waals surface area contributed by atoms with Gasteiger partial charge in [-0.2, -0.15) is 0 Å². The van der Waals surface area contributed by atoms with Gasteiger partial charge in [0.1, 0.15) is 11.6 Å². The zero-order valence-electron chi connectivity index (χ0n) is 11.0. The number of anilines is 1. The van der Waals surface area contributed by atoms with Crippen LogP contribution in [0.2, 0.25) is 0 Å². The summed E-state index contributed by atoms with van der Waals surface area (Å²) in [5.41, 5.74) is 0.669. The van der Waals surface area contributed by atoms with Crippen LogP contribution in [0, 0.1) is 5.82 Å². The van der Waals surface area contributed by atoms with Crippen molar-refractivity contribution >= 4 is 17.5 Å². The van der Waals surface area contributed by atoms with Crippen LogP contribution in [-0.2, 0) is 16.1 Å². The Morgan fingerprint density at radius 3 is 2.33 bits per heavy atom. The van der Waals surface area contributed by atoms with Gasteiger partial charge in [-0.05, 0) is 30.3 Å². The molecule has 0 aromatic heterocycles. The molecule has 2 aromatic carbocycles. The molecule has 0 heterocycles. The van der Waals surface area contributed by atoms with E-state index in [1.54, 1.807) is 6.07 Å². The minimum absolute atomic E-state index is 0.0528. The Morgan fingerprint density at radius 1 is 1.00 bits per heavy atom. The Morgan fingerprint density at radius 2 is 1.67 bits per heavy atom. The molecule has 3 N–H and O–H groups in total. The SMILES string of the molecule is O=C(NCc1ccccc1F)C(=O)Nc1ccc(O)cc1. The lowest BCUT2D eigenvalue weighted by Crippen LogP contribution is -2.35. The Hall–Kier alpha value is -2.89. The van der Waals surface area contributed by atoms with Crippen molar-refractivity contribution in [3.8, 4) is 5.75 Å². The van der Waals surface area contributed by atoms with E-state index in [2.05, 4.69) is 10.6 Å². The number of carbonyl (C=O) groups is 2. The first-order chi connectivity index (χ1) is 10.1. The van der Waals surface area contributed by atoms with Gasteiger partial charge in [-0.3, -0.25) is 9.59 Å². The number of rotatable bonds is 3. The van der Waals surface area contributed by atoms with Gasteiger partial charge in [0.05, 0.1) is 0 Å². The highest BCUT2D eigenvalue weighted by molar-refractivity contribution is 6.39. The molecule has 2 amide bonds. The summed E-state index contributed by atoms with van der Waals surface area (Å²) in [7, 11) is 0. The molecule has 0 radical (unpaired) electrons. The molecule has 21 heavy (non-hydrogen) atoms. The number of halogens is 1. The second-order valence-electron chi connectivity index (χ2n) is 4.28. The molecule has 2 aromatic rings. The molecule has 0 aliphatic rings. The van der Waals surface area contributed by atoms with Crippen molar-refractivity contribution in [1.82, 2.24) is 5.32 Å². The van der Waals surface area contributed by atoms with Gasteiger partial charge in [0.2, 0.25) is 0 Å². The molecule has 0 aliphatic carbocycles. The highest BCUT2D eigenvalue weighted by atomic mass is 19.1. The molecule has 0 unspecified atom stereocenters. The van der Waals surface area contributed by atoms with E-state index in [0.717, 1.165) is 0 Å². The van der Waals surface area contributed by atoms with Gasteiger partial charge in [-0.15, -0.1) is 0 Å². The monoisotopic (exact) mass is 288 g/mol. The van der Waals surface area contributed by atoms with E-state index in [1.165, 1.54) is 42.5 Å². The minimum atomic E-state index is -0.869. The Kier molecular flexibility index (Phi) is 4.50. The third-order valence-electron chi connectivity index (χ3n) is 2.73. The van der Waals surface area contributed by atoms with Crippen LogP contribution in [0.15, 0.2) is 48.5 Å². The summed E-state index contributed by atoms with van der Waals surface area (Å²) in [6.07, 6.45) is 0. The number of benzene rings is 2. The summed E-state index contributed by atoms with van der Waals surface area (Å²) in [6, 6.07) is 11.7. The molecule has 108 valence electrons. The van der Waals surface area contributed by atoms with Gasteiger partial charge in [0.25, 0.3) is 0 Å². The lowest BCUT2D eigenvalue weighted by Gasteiger charge is -2.07. The van der Waals surface area contributed by atoms with Crippen LogP contribution in [0.4, 0.5) is 10.1 Å². The average molecular weight is 288 g/mol. The van der Waals surface area contributed by atoms with E-state index >= 15 is 0 Å². The maximum absolute atomic E-state index is 13.4. The number of nitrogens with one attached hydrogen (secondary N) is 2. The molecule has 6 heteroatoms. The van der Waals surface area contributed by atoms with Crippen molar-refractivity contribution in [3.05, 3.63) is 59.9 Å². The first-order valence-electron chi connectivity index (χ1n) is 6.18. The molecule has 0 aliphatic heterocycles. The first kappa shape index (κ1) is 14.5. The maximum Gasteiger partial charge on any atom is 0.313 e. The van der Waals surface area contributed by atoms with Crippen molar-refractivity contribution in [1.29, 1.82) is 0 Å². The topological polar surface area (TPSA) is 78.4 Å². The fraction of sp³-hybridized carbons (Fsp3) is 0.0667. The zero-order valence-corrected chi connectivity index (χ0v) is 11.0. The molecule has 0 saturated heterocycles. The lowest BCUT2D eigenvalue weighted by molar-refractivity contribution is -0.136. The van der Waals surface area contributed by atoms with Crippen molar-refractivity contribution < 1.29 is 19.1 Å². The second kappa shape index (κ2) is 6.51. The molecule has 5 nitrogen and oxygen atoms in total. The van der Waals surface area contributed by atoms with E-state index in [0.29, 0.717) is 11.3 Å². The smallest absolute Gasteiger partial charge is 0.313 e. The third-order valence-corrected chi connectivity index (χ3v) is 2.73. The number of phenols is 1. The molecular formula is C15H13FN2O3. The van der Waals surface area contributed by atoms with Gasteiger partial charge < -0.3 is 15.7 Å². The van der Waals surface area contributed by atoms with Crippen LogP contribution in [0.25, 0.3) is 0 Å². The molecule has 2 rings (SSSR count). The maximum atomic E-state index is 13.4. The minimum Gasteiger partial charge on any atom is -0.508 e. The molecule has 0 atom stereocenters. The summed E-state index contributed by atoms with van der Waals surface area (Å²) in [5.74, 6) is -2.13. The van der Waals surface area contributed by atoms with Gasteiger partial charge in [-0.1, -0.05) is 18.2 Å². The van der Waals surface area contributed by atoms with Gasteiger partial charge in [0.15, 0.2) is 0 Å². The predicted octanol–water partition coefficient (Wildman–Crippen LogP) is 1.79. The fourth-order valence-electron chi connectivity index (χ4n) is 1.63.